The number of aryl methyl sites for hydroxylation is 1. The van der Waals surface area contributed by atoms with Gasteiger partial charge in [0, 0.05) is 17.0 Å². The van der Waals surface area contributed by atoms with Gasteiger partial charge in [-0.25, -0.2) is 0 Å². The van der Waals surface area contributed by atoms with Gasteiger partial charge in [-0.3, -0.25) is 0 Å². The highest BCUT2D eigenvalue weighted by Gasteiger charge is 2.11. The zero-order chi connectivity index (χ0) is 12.3. The van der Waals surface area contributed by atoms with Crippen molar-refractivity contribution in [1.29, 1.82) is 0 Å². The molecule has 1 aromatic carbocycles. The Morgan fingerprint density at radius 2 is 1.71 bits per heavy atom. The SMILES string of the molecule is Cc1ccc([C@@H](C)NC(C)c2cccs2)cc1. The Kier molecular flexibility index (Phi) is 3.97. The molecule has 0 spiro atoms. The van der Waals surface area contributed by atoms with Crippen molar-refractivity contribution >= 4 is 11.3 Å². The molecule has 1 unspecified atom stereocenters. The van der Waals surface area contributed by atoms with E-state index in [0.717, 1.165) is 0 Å². The summed E-state index contributed by atoms with van der Waals surface area (Å²) in [6.45, 7) is 6.56. The molecule has 17 heavy (non-hydrogen) atoms. The summed E-state index contributed by atoms with van der Waals surface area (Å²) in [5.74, 6) is 0. The predicted molar refractivity (Wildman–Crippen MR) is 75.5 cm³/mol. The second-order valence-electron chi connectivity index (χ2n) is 4.54. The highest BCUT2D eigenvalue weighted by atomic mass is 32.1. The molecule has 0 aliphatic rings. The molecular formula is C15H19NS. The first-order valence-electron chi connectivity index (χ1n) is 6.03. The van der Waals surface area contributed by atoms with E-state index in [1.165, 1.54) is 16.0 Å². The van der Waals surface area contributed by atoms with Gasteiger partial charge in [-0.2, -0.15) is 0 Å². The van der Waals surface area contributed by atoms with Gasteiger partial charge in [0.15, 0.2) is 0 Å². The topological polar surface area (TPSA) is 12.0 Å². The normalized spacial score (nSPS) is 14.5. The highest BCUT2D eigenvalue weighted by Crippen LogP contribution is 2.22. The van der Waals surface area contributed by atoms with Crippen LogP contribution in [0, 0.1) is 6.92 Å². The van der Waals surface area contributed by atoms with E-state index in [1.54, 1.807) is 0 Å². The van der Waals surface area contributed by atoms with E-state index in [0.29, 0.717) is 12.1 Å². The van der Waals surface area contributed by atoms with Gasteiger partial charge in [0.1, 0.15) is 0 Å². The van der Waals surface area contributed by atoms with E-state index in [4.69, 9.17) is 0 Å². The summed E-state index contributed by atoms with van der Waals surface area (Å²) in [5.41, 5.74) is 2.66. The van der Waals surface area contributed by atoms with Crippen molar-refractivity contribution in [2.75, 3.05) is 0 Å². The van der Waals surface area contributed by atoms with E-state index >= 15 is 0 Å². The fraction of sp³-hybridized carbons (Fsp3) is 0.333. The molecule has 1 nitrogen and oxygen atoms in total. The van der Waals surface area contributed by atoms with Gasteiger partial charge in [-0.15, -0.1) is 11.3 Å². The third kappa shape index (κ3) is 3.18. The Labute approximate surface area is 108 Å². The number of hydrogen-bond donors (Lipinski definition) is 1. The van der Waals surface area contributed by atoms with Crippen molar-refractivity contribution in [1.82, 2.24) is 5.32 Å². The molecule has 0 radical (unpaired) electrons. The third-order valence-electron chi connectivity index (χ3n) is 3.05. The summed E-state index contributed by atoms with van der Waals surface area (Å²) < 4.78 is 0. The van der Waals surface area contributed by atoms with Crippen LogP contribution >= 0.6 is 11.3 Å². The van der Waals surface area contributed by atoms with Crippen LogP contribution in [0.2, 0.25) is 0 Å². The van der Waals surface area contributed by atoms with Gasteiger partial charge >= 0.3 is 0 Å². The lowest BCUT2D eigenvalue weighted by Gasteiger charge is -2.19. The molecule has 0 saturated heterocycles. The Morgan fingerprint density at radius 3 is 2.29 bits per heavy atom. The number of nitrogens with one attached hydrogen (secondary N) is 1. The zero-order valence-electron chi connectivity index (χ0n) is 10.6. The summed E-state index contributed by atoms with van der Waals surface area (Å²) in [7, 11) is 0. The van der Waals surface area contributed by atoms with Gasteiger partial charge < -0.3 is 5.32 Å². The molecule has 1 aromatic heterocycles. The molecular weight excluding hydrogens is 226 g/mol. The molecule has 0 fully saturated rings. The third-order valence-corrected chi connectivity index (χ3v) is 4.10. The van der Waals surface area contributed by atoms with Crippen molar-refractivity contribution in [2.45, 2.75) is 32.9 Å². The van der Waals surface area contributed by atoms with Crippen LogP contribution in [0.5, 0.6) is 0 Å². The predicted octanol–water partition coefficient (Wildman–Crippen LogP) is 4.47. The van der Waals surface area contributed by atoms with Crippen LogP contribution in [0.25, 0.3) is 0 Å². The second kappa shape index (κ2) is 5.48. The molecule has 0 bridgehead atoms. The smallest absolute Gasteiger partial charge is 0.0391 e. The molecule has 2 rings (SSSR count). The summed E-state index contributed by atoms with van der Waals surface area (Å²) in [5, 5.41) is 5.76. The monoisotopic (exact) mass is 245 g/mol. The highest BCUT2D eigenvalue weighted by molar-refractivity contribution is 7.10. The van der Waals surface area contributed by atoms with Crippen molar-refractivity contribution in [3.8, 4) is 0 Å². The van der Waals surface area contributed by atoms with E-state index in [9.17, 15) is 0 Å². The molecule has 90 valence electrons. The maximum Gasteiger partial charge on any atom is 0.0391 e. The van der Waals surface area contributed by atoms with Gasteiger partial charge in [0.25, 0.3) is 0 Å². The first kappa shape index (κ1) is 12.3. The Hall–Kier alpha value is -1.12. The van der Waals surface area contributed by atoms with Crippen molar-refractivity contribution in [2.24, 2.45) is 0 Å². The van der Waals surface area contributed by atoms with Crippen LogP contribution in [-0.2, 0) is 0 Å². The lowest BCUT2D eigenvalue weighted by Crippen LogP contribution is -2.21. The number of thiophene rings is 1. The minimum absolute atomic E-state index is 0.382. The number of hydrogen-bond acceptors (Lipinski definition) is 2. The molecule has 0 aliphatic heterocycles. The largest absolute Gasteiger partial charge is 0.303 e. The van der Waals surface area contributed by atoms with Crippen LogP contribution in [0.15, 0.2) is 41.8 Å². The molecule has 2 aromatic rings. The maximum atomic E-state index is 3.63. The van der Waals surface area contributed by atoms with E-state index in [-0.39, 0.29) is 0 Å². The quantitative estimate of drug-likeness (QED) is 0.838. The van der Waals surface area contributed by atoms with Crippen LogP contribution in [0.4, 0.5) is 0 Å². The fourth-order valence-electron chi connectivity index (χ4n) is 1.95. The summed E-state index contributed by atoms with van der Waals surface area (Å²) in [6.07, 6.45) is 0. The van der Waals surface area contributed by atoms with Crippen LogP contribution in [0.1, 0.15) is 41.9 Å². The lowest BCUT2D eigenvalue weighted by atomic mass is 10.1. The van der Waals surface area contributed by atoms with Crippen LogP contribution in [-0.4, -0.2) is 0 Å². The van der Waals surface area contributed by atoms with E-state index < -0.39 is 0 Å². The number of benzene rings is 1. The second-order valence-corrected chi connectivity index (χ2v) is 5.52. The number of rotatable bonds is 4. The minimum atomic E-state index is 0.382. The molecule has 0 saturated carbocycles. The summed E-state index contributed by atoms with van der Waals surface area (Å²) >= 11 is 1.81. The summed E-state index contributed by atoms with van der Waals surface area (Å²) in [6, 6.07) is 13.8. The molecule has 1 heterocycles. The maximum absolute atomic E-state index is 3.63. The van der Waals surface area contributed by atoms with Crippen molar-refractivity contribution in [3.05, 3.63) is 57.8 Å². The van der Waals surface area contributed by atoms with Crippen molar-refractivity contribution < 1.29 is 0 Å². The first-order valence-corrected chi connectivity index (χ1v) is 6.91. The standard InChI is InChI=1S/C15H19NS/c1-11-6-8-14(9-7-11)12(2)16-13(3)15-5-4-10-17-15/h4-10,12-13,16H,1-3H3/t12-,13?/m1/s1. The molecule has 0 amide bonds. The summed E-state index contributed by atoms with van der Waals surface area (Å²) in [4.78, 5) is 1.39. The minimum Gasteiger partial charge on any atom is -0.303 e. The molecule has 2 heteroatoms. The first-order chi connectivity index (χ1) is 8.16. The zero-order valence-corrected chi connectivity index (χ0v) is 11.4. The Balaban J connectivity index is 2.01. The Bertz CT molecular complexity index is 444. The van der Waals surface area contributed by atoms with Gasteiger partial charge in [-0.1, -0.05) is 35.9 Å². The van der Waals surface area contributed by atoms with Crippen LogP contribution < -0.4 is 5.32 Å². The Morgan fingerprint density at radius 1 is 1.00 bits per heavy atom. The molecule has 0 aliphatic carbocycles. The van der Waals surface area contributed by atoms with Crippen molar-refractivity contribution in [3.63, 3.8) is 0 Å². The van der Waals surface area contributed by atoms with Gasteiger partial charge in [0.2, 0.25) is 0 Å². The fourth-order valence-corrected chi connectivity index (χ4v) is 2.69. The van der Waals surface area contributed by atoms with E-state index in [1.807, 2.05) is 11.3 Å². The molecule has 1 N–H and O–H groups in total. The molecule has 2 atom stereocenters. The van der Waals surface area contributed by atoms with Gasteiger partial charge in [-0.05, 0) is 37.8 Å². The average molecular weight is 245 g/mol. The average Bonchev–Trinajstić information content (AvgIpc) is 2.83. The lowest BCUT2D eigenvalue weighted by molar-refractivity contribution is 0.500. The van der Waals surface area contributed by atoms with Gasteiger partial charge in [0.05, 0.1) is 0 Å². The van der Waals surface area contributed by atoms with E-state index in [2.05, 4.69) is 67.9 Å². The van der Waals surface area contributed by atoms with Crippen LogP contribution in [0.3, 0.4) is 0 Å².